The minimum Gasteiger partial charge on any atom is -0.481 e. The van der Waals surface area contributed by atoms with Crippen molar-refractivity contribution < 1.29 is 136 Å². The van der Waals surface area contributed by atoms with Crippen molar-refractivity contribution in [3.8, 4) is 0 Å². The van der Waals surface area contributed by atoms with E-state index in [1.54, 1.807) is 27.0 Å². The van der Waals surface area contributed by atoms with Crippen molar-refractivity contribution in [1.29, 1.82) is 21.6 Å². The van der Waals surface area contributed by atoms with E-state index in [0.29, 0.717) is 12.8 Å². The topological polar surface area (TPSA) is 833 Å². The van der Waals surface area contributed by atoms with Crippen LogP contribution in [0.5, 0.6) is 0 Å². The summed E-state index contributed by atoms with van der Waals surface area (Å²) in [6.45, 7) is 6.71. The Morgan fingerprint density at radius 3 is 1.18 bits per heavy atom. The normalized spacial score (nSPS) is 14.8. The van der Waals surface area contributed by atoms with Crippen LogP contribution < -0.4 is 86.7 Å². The van der Waals surface area contributed by atoms with Crippen molar-refractivity contribution >= 4 is 165 Å². The number of ketones is 8. The molecule has 49 nitrogen and oxygen atoms in total. The van der Waals surface area contributed by atoms with Crippen LogP contribution in [0.1, 0.15) is 234 Å². The predicted octanol–water partition coefficient (Wildman–Crippen LogP) is -2.12. The van der Waals surface area contributed by atoms with Crippen LogP contribution in [0.4, 0.5) is 0 Å². The lowest BCUT2D eigenvalue weighted by atomic mass is 9.89. The fourth-order valence-corrected chi connectivity index (χ4v) is 15.3. The highest BCUT2D eigenvalue weighted by atomic mass is 32.2. The molecule has 0 aromatic carbocycles. The molecule has 0 spiro atoms. The van der Waals surface area contributed by atoms with Gasteiger partial charge in [0, 0.05) is 171 Å². The zero-order valence-corrected chi connectivity index (χ0v) is 79.0. The van der Waals surface area contributed by atoms with E-state index in [1.165, 1.54) is 23.6 Å². The molecular weight excluding hydrogens is 1810 g/mol. The average molecular weight is 1950 g/mol. The van der Waals surface area contributed by atoms with Crippen molar-refractivity contribution in [2.75, 3.05) is 64.5 Å². The van der Waals surface area contributed by atoms with E-state index < -0.39 is 330 Å². The number of hydrogen-bond acceptors (Lipinski definition) is 28. The zero-order valence-electron chi connectivity index (χ0n) is 78.2. The molecule has 0 unspecified atom stereocenters. The van der Waals surface area contributed by atoms with Crippen LogP contribution in [-0.2, 0) is 110 Å². The number of hydrogen-bond donors (Lipinski definition) is 25. The molecule has 136 heavy (non-hydrogen) atoms. The van der Waals surface area contributed by atoms with Crippen molar-refractivity contribution in [3.05, 3.63) is 0 Å². The minimum absolute atomic E-state index is 0.0110. The summed E-state index contributed by atoms with van der Waals surface area (Å²) in [6, 6.07) is -10.5. The summed E-state index contributed by atoms with van der Waals surface area (Å²) < 4.78 is 5.61. The highest BCUT2D eigenvalue weighted by Gasteiger charge is 2.40. The zero-order chi connectivity index (χ0) is 103. The molecule has 0 aromatic rings. The predicted molar refractivity (Wildman–Crippen MR) is 492 cm³/mol. The first-order valence-electron chi connectivity index (χ1n) is 45.3. The summed E-state index contributed by atoms with van der Waals surface area (Å²) in [5, 5.41) is 108. The molecule has 1 saturated heterocycles. The van der Waals surface area contributed by atoms with E-state index in [2.05, 4.69) is 63.8 Å². The number of carboxylic acid groups (broad SMARTS) is 5. The average Bonchev–Trinajstić information content (AvgIpc) is 1.67. The lowest BCUT2D eigenvalue weighted by Gasteiger charge is -2.27. The van der Waals surface area contributed by atoms with E-state index in [0.717, 1.165) is 6.92 Å². The number of nitrogens with two attached hydrogens (primary N) is 4. The van der Waals surface area contributed by atoms with E-state index >= 15 is 0 Å². The molecule has 0 aliphatic carbocycles. The molecular formula is C86H141N21O28S. The van der Waals surface area contributed by atoms with Gasteiger partial charge in [0.05, 0.1) is 48.8 Å². The minimum atomic E-state index is -1.78. The first-order chi connectivity index (χ1) is 64.0. The second kappa shape index (κ2) is 66.7. The lowest BCUT2D eigenvalue weighted by molar-refractivity contribution is -0.142. The van der Waals surface area contributed by atoms with Gasteiger partial charge in [-0.1, -0.05) is 27.7 Å². The number of amides is 9. The third kappa shape index (κ3) is 53.4. The first-order valence-corrected chi connectivity index (χ1v) is 46.7. The maximum atomic E-state index is 14.5. The molecule has 0 saturated carbocycles. The number of carbonyl (C=O) groups is 22. The molecule has 1 fully saturated rings. The van der Waals surface area contributed by atoms with Gasteiger partial charge in [0.1, 0.15) is 12.6 Å². The number of guanidine groups is 4. The van der Waals surface area contributed by atoms with Gasteiger partial charge in [-0.05, 0) is 121 Å². The third-order valence-corrected chi connectivity index (χ3v) is 22.6. The van der Waals surface area contributed by atoms with Gasteiger partial charge in [0.25, 0.3) is 0 Å². The Labute approximate surface area is 792 Å². The maximum absolute atomic E-state index is 14.5. The number of ether oxygens (including phenoxy) is 1. The van der Waals surface area contributed by atoms with E-state index in [9.17, 15) is 131 Å². The number of Topliss-reactive ketones (excluding diaryl/α,β-unsaturated/α-hetero) is 8. The second-order valence-electron chi connectivity index (χ2n) is 33.8. The summed E-state index contributed by atoms with van der Waals surface area (Å²) in [6.07, 6.45) is -7.43. The SMILES string of the molecule is CCC(=O)[C@@H](CCCNC(=N)N)NC(=O)[C@@H](CCCNC(=N)N)CC(=O)[C@@H](CCCNC(=N)N)NC(=O)[C@@H](CCCNC(=N)N)CC(=O)CNC(=O)[C@H](C)CC(=O)[C@H](CSC)NC(=O)CCC(=O)[C@H](CC(C)C)NC(=O)[C@@H]1CCCN1C(=O)COCCCC(=O)[C@@H](CCC(=O)O)NC(=O)[C@@H](CCC(=O)O)CC(=O)[C@@H](CCC(=O)O)NC(=O)[C@@H](CCC(=O)O)CC(=O)[C@@H](CCC(=O)O)NC(C)=O. The molecule has 13 atom stereocenters. The Morgan fingerprint density at radius 1 is 0.404 bits per heavy atom. The molecule has 0 radical (unpaired) electrons. The molecule has 1 aliphatic heterocycles. The van der Waals surface area contributed by atoms with Gasteiger partial charge in [0.2, 0.25) is 53.2 Å². The molecule has 1 aliphatic rings. The number of nitrogens with one attached hydrogen (secondary N) is 16. The third-order valence-electron chi connectivity index (χ3n) is 21.9. The molecule has 29 N–H and O–H groups in total. The molecule has 9 amide bonds. The van der Waals surface area contributed by atoms with E-state index in [-0.39, 0.29) is 151 Å². The second-order valence-corrected chi connectivity index (χ2v) is 34.8. The van der Waals surface area contributed by atoms with Crippen LogP contribution in [0.3, 0.4) is 0 Å². The fraction of sp³-hybridized carbons (Fsp3) is 0.698. The summed E-state index contributed by atoms with van der Waals surface area (Å²) in [5.41, 5.74) is 21.9. The highest BCUT2D eigenvalue weighted by molar-refractivity contribution is 7.98. The molecule has 1 heterocycles. The molecule has 764 valence electrons. The van der Waals surface area contributed by atoms with Crippen molar-refractivity contribution in [2.45, 2.75) is 282 Å². The largest absolute Gasteiger partial charge is 0.481 e. The van der Waals surface area contributed by atoms with Gasteiger partial charge in [-0.25, -0.2) is 0 Å². The lowest BCUT2D eigenvalue weighted by Crippen LogP contribution is -2.52. The maximum Gasteiger partial charge on any atom is 0.303 e. The summed E-state index contributed by atoms with van der Waals surface area (Å²) >= 11 is 1.18. The van der Waals surface area contributed by atoms with Crippen LogP contribution >= 0.6 is 11.8 Å². The summed E-state index contributed by atoms with van der Waals surface area (Å²) in [5.74, 6) is -27.8. The van der Waals surface area contributed by atoms with Gasteiger partial charge >= 0.3 is 29.8 Å². The molecule has 0 bridgehead atoms. The summed E-state index contributed by atoms with van der Waals surface area (Å²) in [4.78, 5) is 293. The number of carboxylic acids is 5. The van der Waals surface area contributed by atoms with Gasteiger partial charge < -0.3 is 122 Å². The Kier molecular flexibility index (Phi) is 59.5. The Morgan fingerprint density at radius 2 is 0.779 bits per heavy atom. The number of thioether (sulfide) groups is 1. The molecule has 1 rings (SSSR count). The van der Waals surface area contributed by atoms with Gasteiger partial charge in [0.15, 0.2) is 70.1 Å². The Balaban J connectivity index is 3.24. The van der Waals surface area contributed by atoms with E-state index in [4.69, 9.17) is 49.3 Å². The fourth-order valence-electron chi connectivity index (χ4n) is 14.7. The van der Waals surface area contributed by atoms with Crippen LogP contribution in [0.25, 0.3) is 0 Å². The van der Waals surface area contributed by atoms with Gasteiger partial charge in [-0.2, -0.15) is 11.8 Å². The number of rotatable bonds is 77. The Hall–Kier alpha value is -12.7. The van der Waals surface area contributed by atoms with Crippen molar-refractivity contribution in [1.82, 2.24) is 68.7 Å². The monoisotopic (exact) mass is 1950 g/mol. The van der Waals surface area contributed by atoms with Crippen LogP contribution in [0.2, 0.25) is 0 Å². The highest BCUT2D eigenvalue weighted by Crippen LogP contribution is 2.25. The molecule has 0 aromatic heterocycles. The van der Waals surface area contributed by atoms with E-state index in [1.807, 2.05) is 0 Å². The van der Waals surface area contributed by atoms with Gasteiger partial charge in [-0.15, -0.1) is 0 Å². The standard InChI is InChI=1S/C86H141N21O28S/c1-7-63(110)55(16-10-34-97-85(91)92)102-79(131)51(15-9-33-96-84(89)90)41-67(114)56(17-11-35-98-86(93)94)103-78(130)50(14-8-32-95-83(87)88)40-54(109)44-99-77(129)48(4)39-66(113)61(46-136-6)101-70(117)26-25-65(112)60(38-47(2)3)106-82(134)62-18-12-36-107(62)71(118)45-135-37-13-19-64(111)57(22-29-74(123)124)104-80(132)53(21-28-73(121)122)43-69(116)59(24-31-76(127)128)105-81(133)52(20-27-72(119)120)42-68(115)58(100-49(5)108)23-30-75(125)126/h47-48,50-53,55-62H,7-46H2,1-6H3,(H,99,129)(H,100,108)(H,101,117)(H,102,131)(H,103,130)(H,104,132)(H,105,133)(H,106,134)(H,119,120)(H,121,122)(H,123,124)(H,125,126)(H,127,128)(H4,87,88,95)(H4,89,90,96)(H4,91,92,97)(H4,93,94,98)/t48-,50+,51+,52+,53+,55-,56-,57-,58-,59-,60+,61+,62+/m1/s1. The number of nitrogens with zero attached hydrogens (tertiary/aromatic N) is 1. The number of likely N-dealkylation sites (tertiary alicyclic amines) is 1. The van der Waals surface area contributed by atoms with Crippen LogP contribution in [0.15, 0.2) is 0 Å². The molecule has 50 heteroatoms. The number of carbonyl (C=O) groups excluding carboxylic acids is 17. The number of aliphatic carboxylic acids is 5. The van der Waals surface area contributed by atoms with Crippen LogP contribution in [-0.4, -0.2) is 296 Å². The smallest absolute Gasteiger partial charge is 0.303 e. The first kappa shape index (κ1) is 121. The quantitative estimate of drug-likeness (QED) is 0.0176. The Bertz CT molecular complexity index is 4160. The van der Waals surface area contributed by atoms with Crippen molar-refractivity contribution in [2.24, 2.45) is 58.4 Å². The van der Waals surface area contributed by atoms with Gasteiger partial charge in [-0.3, -0.25) is 127 Å². The van der Waals surface area contributed by atoms with Crippen molar-refractivity contribution in [3.63, 3.8) is 0 Å². The van der Waals surface area contributed by atoms with Crippen LogP contribution in [0, 0.1) is 57.1 Å². The summed E-state index contributed by atoms with van der Waals surface area (Å²) in [7, 11) is 0.